The maximum Gasteiger partial charge on any atom is 0.133 e. The lowest BCUT2D eigenvalue weighted by Crippen LogP contribution is -2.32. The predicted octanol–water partition coefficient (Wildman–Crippen LogP) is 7.59. The Labute approximate surface area is 222 Å². The quantitative estimate of drug-likeness (QED) is 0.294. The van der Waals surface area contributed by atoms with Crippen LogP contribution in [0, 0.1) is 5.92 Å². The van der Waals surface area contributed by atoms with Crippen LogP contribution in [0.15, 0.2) is 96.7 Å². The summed E-state index contributed by atoms with van der Waals surface area (Å²) < 4.78 is 0. The summed E-state index contributed by atoms with van der Waals surface area (Å²) in [6.07, 6.45) is 13.9. The number of aryl methyl sites for hydroxylation is 1. The molecule has 0 atom stereocenters. The van der Waals surface area contributed by atoms with Gasteiger partial charge in [-0.3, -0.25) is 4.90 Å². The number of nitrogens with zero attached hydrogens (tertiary/aromatic N) is 3. The van der Waals surface area contributed by atoms with Crippen molar-refractivity contribution in [3.8, 4) is 0 Å². The molecule has 190 valence electrons. The van der Waals surface area contributed by atoms with Crippen LogP contribution >= 0.6 is 0 Å². The van der Waals surface area contributed by atoms with Crippen molar-refractivity contribution in [3.63, 3.8) is 0 Å². The maximum atomic E-state index is 4.95. The third-order valence-electron chi connectivity index (χ3n) is 7.78. The molecule has 3 nitrogen and oxygen atoms in total. The number of likely N-dealkylation sites (tertiary alicyclic amines) is 1. The van der Waals surface area contributed by atoms with Crippen molar-refractivity contribution < 1.29 is 0 Å². The molecule has 0 radical (unpaired) electrons. The topological polar surface area (TPSA) is 29.0 Å². The van der Waals surface area contributed by atoms with Gasteiger partial charge in [0.15, 0.2) is 0 Å². The summed E-state index contributed by atoms with van der Waals surface area (Å²) in [6, 6.07) is 21.7. The highest BCUT2D eigenvalue weighted by molar-refractivity contribution is 5.72. The Morgan fingerprint density at radius 3 is 2.57 bits per heavy atom. The fourth-order valence-corrected chi connectivity index (χ4v) is 5.42. The largest absolute Gasteiger partial charge is 0.299 e. The van der Waals surface area contributed by atoms with Gasteiger partial charge in [-0.05, 0) is 91.4 Å². The summed E-state index contributed by atoms with van der Waals surface area (Å²) in [5, 5.41) is 0. The summed E-state index contributed by atoms with van der Waals surface area (Å²) in [4.78, 5) is 12.1. The van der Waals surface area contributed by atoms with Crippen LogP contribution in [-0.4, -0.2) is 28.0 Å². The monoisotopic (exact) mass is 489 g/mol. The number of allylic oxidation sites excluding steroid dienone is 5. The van der Waals surface area contributed by atoms with Gasteiger partial charge in [-0.1, -0.05) is 85.8 Å². The Hall–Kier alpha value is -3.30. The second-order valence-corrected chi connectivity index (χ2v) is 10.8. The molecule has 1 fully saturated rings. The molecule has 3 aromatic rings. The van der Waals surface area contributed by atoms with E-state index in [0.717, 1.165) is 56.1 Å². The molecule has 2 aromatic carbocycles. The first-order valence-electron chi connectivity index (χ1n) is 13.9. The highest BCUT2D eigenvalue weighted by Crippen LogP contribution is 2.32. The minimum Gasteiger partial charge on any atom is -0.299 e. The SMILES string of the molecule is C=C(CCCc1ccccc1)C1=CC=C(c2ccnc(Cc3cccc(CN4CCC(C)CC4)c3)n2)C1. The van der Waals surface area contributed by atoms with E-state index in [0.29, 0.717) is 0 Å². The molecule has 1 aliphatic carbocycles. The Bertz CT molecular complexity index is 1260. The second kappa shape index (κ2) is 12.3. The second-order valence-electron chi connectivity index (χ2n) is 10.8. The van der Waals surface area contributed by atoms with Gasteiger partial charge < -0.3 is 0 Å². The van der Waals surface area contributed by atoms with Gasteiger partial charge in [0.2, 0.25) is 0 Å². The normalized spacial score (nSPS) is 16.5. The van der Waals surface area contributed by atoms with E-state index in [2.05, 4.69) is 90.1 Å². The van der Waals surface area contributed by atoms with E-state index in [4.69, 9.17) is 4.98 Å². The van der Waals surface area contributed by atoms with E-state index in [1.165, 1.54) is 59.3 Å². The van der Waals surface area contributed by atoms with Crippen LogP contribution in [-0.2, 0) is 19.4 Å². The molecule has 5 rings (SSSR count). The molecule has 0 N–H and O–H groups in total. The van der Waals surface area contributed by atoms with Crippen LogP contribution < -0.4 is 0 Å². The lowest BCUT2D eigenvalue weighted by Gasteiger charge is -2.30. The Morgan fingerprint density at radius 1 is 0.946 bits per heavy atom. The van der Waals surface area contributed by atoms with Crippen LogP contribution in [0.4, 0.5) is 0 Å². The third kappa shape index (κ3) is 7.14. The van der Waals surface area contributed by atoms with Gasteiger partial charge in [-0.25, -0.2) is 9.97 Å². The number of hydrogen-bond donors (Lipinski definition) is 0. The first-order valence-corrected chi connectivity index (χ1v) is 13.9. The molecule has 37 heavy (non-hydrogen) atoms. The summed E-state index contributed by atoms with van der Waals surface area (Å²) >= 11 is 0. The van der Waals surface area contributed by atoms with Gasteiger partial charge in [-0.2, -0.15) is 0 Å². The average molecular weight is 490 g/mol. The zero-order valence-electron chi connectivity index (χ0n) is 22.2. The lowest BCUT2D eigenvalue weighted by molar-refractivity contribution is 0.185. The van der Waals surface area contributed by atoms with Crippen LogP contribution in [0.5, 0.6) is 0 Å². The smallest absolute Gasteiger partial charge is 0.133 e. The molecule has 1 saturated heterocycles. The third-order valence-corrected chi connectivity index (χ3v) is 7.78. The first-order chi connectivity index (χ1) is 18.1. The van der Waals surface area contributed by atoms with Crippen molar-refractivity contribution in [2.24, 2.45) is 5.92 Å². The van der Waals surface area contributed by atoms with Crippen molar-refractivity contribution in [2.75, 3.05) is 13.1 Å². The zero-order valence-corrected chi connectivity index (χ0v) is 22.2. The van der Waals surface area contributed by atoms with E-state index in [1.807, 2.05) is 12.3 Å². The molecular weight excluding hydrogens is 450 g/mol. The summed E-state index contributed by atoms with van der Waals surface area (Å²) in [7, 11) is 0. The van der Waals surface area contributed by atoms with E-state index in [-0.39, 0.29) is 0 Å². The average Bonchev–Trinajstić information content (AvgIpc) is 3.42. The van der Waals surface area contributed by atoms with Gasteiger partial charge in [0.25, 0.3) is 0 Å². The minimum absolute atomic E-state index is 0.762. The van der Waals surface area contributed by atoms with Gasteiger partial charge in [0.05, 0.1) is 5.69 Å². The molecule has 0 spiro atoms. The number of aromatic nitrogens is 2. The van der Waals surface area contributed by atoms with Gasteiger partial charge in [0, 0.05) is 19.2 Å². The molecule has 2 aliphatic rings. The fourth-order valence-electron chi connectivity index (χ4n) is 5.42. The standard InChI is InChI=1S/C34H39N3/c1-26-17-20-37(21-18-26)25-30-13-7-12-29(22-30)23-34-35-19-16-33(36-34)32-15-14-31(24-32)27(2)8-6-11-28-9-4-3-5-10-28/h3-5,7,9-10,12-16,19,22,26H,2,6,8,11,17-18,20-21,23-25H2,1H3. The number of rotatable bonds is 10. The van der Waals surface area contributed by atoms with Gasteiger partial charge in [0.1, 0.15) is 5.82 Å². The Balaban J connectivity index is 1.14. The predicted molar refractivity (Wildman–Crippen MR) is 154 cm³/mol. The number of benzene rings is 2. The van der Waals surface area contributed by atoms with Crippen molar-refractivity contribution in [2.45, 2.75) is 58.4 Å². The molecule has 1 aliphatic heterocycles. The van der Waals surface area contributed by atoms with Crippen molar-refractivity contribution in [3.05, 3.63) is 125 Å². The summed E-state index contributed by atoms with van der Waals surface area (Å²) in [5.74, 6) is 1.75. The van der Waals surface area contributed by atoms with E-state index in [9.17, 15) is 0 Å². The van der Waals surface area contributed by atoms with Crippen molar-refractivity contribution in [1.29, 1.82) is 0 Å². The zero-order chi connectivity index (χ0) is 25.5. The van der Waals surface area contributed by atoms with Gasteiger partial charge >= 0.3 is 0 Å². The van der Waals surface area contributed by atoms with Crippen LogP contribution in [0.2, 0.25) is 0 Å². The van der Waals surface area contributed by atoms with Gasteiger partial charge in [-0.15, -0.1) is 0 Å². The molecule has 0 bridgehead atoms. The van der Waals surface area contributed by atoms with Crippen molar-refractivity contribution >= 4 is 5.57 Å². The number of hydrogen-bond acceptors (Lipinski definition) is 3. The minimum atomic E-state index is 0.762. The molecule has 1 aromatic heterocycles. The van der Waals surface area contributed by atoms with E-state index >= 15 is 0 Å². The molecule has 0 unspecified atom stereocenters. The molecule has 0 amide bonds. The number of piperidine rings is 1. The molecule has 3 heteroatoms. The first kappa shape index (κ1) is 25.4. The van der Waals surface area contributed by atoms with Crippen molar-refractivity contribution in [1.82, 2.24) is 14.9 Å². The Morgan fingerprint density at radius 2 is 1.73 bits per heavy atom. The Kier molecular flexibility index (Phi) is 8.42. The highest BCUT2D eigenvalue weighted by Gasteiger charge is 2.17. The molecule has 0 saturated carbocycles. The maximum absolute atomic E-state index is 4.95. The van der Waals surface area contributed by atoms with Crippen LogP contribution in [0.1, 0.15) is 67.2 Å². The highest BCUT2D eigenvalue weighted by atomic mass is 15.1. The summed E-state index contributed by atoms with van der Waals surface area (Å²) in [6.45, 7) is 10.2. The van der Waals surface area contributed by atoms with E-state index < -0.39 is 0 Å². The summed E-state index contributed by atoms with van der Waals surface area (Å²) in [5.41, 5.74) is 8.95. The van der Waals surface area contributed by atoms with Crippen LogP contribution in [0.3, 0.4) is 0 Å². The lowest BCUT2D eigenvalue weighted by atomic mass is 9.97. The molecule has 2 heterocycles. The van der Waals surface area contributed by atoms with E-state index in [1.54, 1.807) is 0 Å². The molecular formula is C34H39N3. The van der Waals surface area contributed by atoms with Crippen LogP contribution in [0.25, 0.3) is 5.57 Å². The fraction of sp³-hybridized carbons (Fsp3) is 0.353.